The molecular formula is C4H10N2S. The molecule has 0 saturated carbocycles. The summed E-state index contributed by atoms with van der Waals surface area (Å²) in [6, 6.07) is 0. The first-order valence-electron chi connectivity index (χ1n) is 2.15. The molecule has 2 nitrogen and oxygen atoms in total. The van der Waals surface area contributed by atoms with E-state index in [1.807, 2.05) is 13.8 Å². The van der Waals surface area contributed by atoms with Gasteiger partial charge in [-0.2, -0.15) is 5.10 Å². The lowest BCUT2D eigenvalue weighted by molar-refractivity contribution is 0.893. The van der Waals surface area contributed by atoms with Crippen molar-refractivity contribution in [2.45, 2.75) is 13.8 Å². The van der Waals surface area contributed by atoms with Crippen LogP contribution in [0.3, 0.4) is 0 Å². The summed E-state index contributed by atoms with van der Waals surface area (Å²) in [6.45, 7) is 3.97. The van der Waals surface area contributed by atoms with Crippen LogP contribution >= 0.6 is 12.6 Å². The second-order valence-corrected chi connectivity index (χ2v) is 2.10. The summed E-state index contributed by atoms with van der Waals surface area (Å²) in [5.41, 5.74) is 0. The van der Waals surface area contributed by atoms with Crippen LogP contribution in [-0.4, -0.2) is 5.04 Å². The summed E-state index contributed by atoms with van der Waals surface area (Å²) in [7, 11) is 0. The van der Waals surface area contributed by atoms with Gasteiger partial charge in [-0.25, -0.2) is 0 Å². The topological polar surface area (TPSA) is 38.4 Å². The molecule has 0 aromatic rings. The quantitative estimate of drug-likeness (QED) is 0.173. The monoisotopic (exact) mass is 118 g/mol. The van der Waals surface area contributed by atoms with Crippen molar-refractivity contribution in [3.8, 4) is 0 Å². The Morgan fingerprint density at radius 2 is 2.14 bits per heavy atom. The van der Waals surface area contributed by atoms with Crippen LogP contribution in [0.15, 0.2) is 5.10 Å². The zero-order chi connectivity index (χ0) is 5.86. The summed E-state index contributed by atoms with van der Waals surface area (Å²) in [6.07, 6.45) is 0. The lowest BCUT2D eigenvalue weighted by Crippen LogP contribution is -2.01. The van der Waals surface area contributed by atoms with E-state index in [0.717, 1.165) is 0 Å². The predicted molar refractivity (Wildman–Crippen MR) is 35.4 cm³/mol. The fourth-order valence-electron chi connectivity index (χ4n) is 0.149. The van der Waals surface area contributed by atoms with Gasteiger partial charge in [-0.05, 0) is 0 Å². The van der Waals surface area contributed by atoms with Crippen molar-refractivity contribution in [1.82, 2.24) is 0 Å². The van der Waals surface area contributed by atoms with Crippen molar-refractivity contribution in [2.24, 2.45) is 16.9 Å². The maximum atomic E-state index is 4.88. The summed E-state index contributed by atoms with van der Waals surface area (Å²) < 4.78 is 0. The third-order valence-corrected chi connectivity index (χ3v) is 1.28. The molecule has 0 aliphatic heterocycles. The van der Waals surface area contributed by atoms with Crippen molar-refractivity contribution in [2.75, 3.05) is 0 Å². The second kappa shape index (κ2) is 2.91. The summed E-state index contributed by atoms with van der Waals surface area (Å²) in [5.74, 6) is 5.24. The van der Waals surface area contributed by atoms with E-state index in [0.29, 0.717) is 11.0 Å². The van der Waals surface area contributed by atoms with E-state index in [-0.39, 0.29) is 0 Å². The first-order chi connectivity index (χ1) is 3.18. The van der Waals surface area contributed by atoms with E-state index in [2.05, 4.69) is 17.7 Å². The second-order valence-electron chi connectivity index (χ2n) is 1.64. The highest BCUT2D eigenvalue weighted by atomic mass is 32.1. The van der Waals surface area contributed by atoms with Gasteiger partial charge in [0, 0.05) is 5.92 Å². The highest BCUT2D eigenvalue weighted by molar-refractivity contribution is 7.97. The zero-order valence-electron chi connectivity index (χ0n) is 4.55. The molecule has 0 aromatic heterocycles. The summed E-state index contributed by atoms with van der Waals surface area (Å²) in [5, 5.41) is 4.06. The maximum Gasteiger partial charge on any atom is 0.0923 e. The van der Waals surface area contributed by atoms with E-state index in [1.54, 1.807) is 0 Å². The largest absolute Gasteiger partial charge is 0.323 e. The smallest absolute Gasteiger partial charge is 0.0923 e. The molecule has 0 bridgehead atoms. The number of thiol groups is 1. The van der Waals surface area contributed by atoms with Gasteiger partial charge in [0.25, 0.3) is 0 Å². The molecule has 0 heterocycles. The van der Waals surface area contributed by atoms with Crippen LogP contribution < -0.4 is 5.84 Å². The molecule has 0 aliphatic rings. The van der Waals surface area contributed by atoms with E-state index in [9.17, 15) is 0 Å². The van der Waals surface area contributed by atoms with Gasteiger partial charge in [0.05, 0.1) is 5.04 Å². The van der Waals surface area contributed by atoms with E-state index >= 15 is 0 Å². The maximum absolute atomic E-state index is 4.88. The van der Waals surface area contributed by atoms with Crippen LogP contribution in [0.25, 0.3) is 0 Å². The number of rotatable bonds is 1. The van der Waals surface area contributed by atoms with Crippen LogP contribution in [0.2, 0.25) is 0 Å². The van der Waals surface area contributed by atoms with Gasteiger partial charge in [-0.1, -0.05) is 13.8 Å². The number of nitrogens with zero attached hydrogens (tertiary/aromatic N) is 1. The summed E-state index contributed by atoms with van der Waals surface area (Å²) in [4.78, 5) is 0. The van der Waals surface area contributed by atoms with Crippen molar-refractivity contribution >= 4 is 17.7 Å². The molecule has 0 atom stereocenters. The fourth-order valence-corrected chi connectivity index (χ4v) is 0.149. The van der Waals surface area contributed by atoms with Crippen molar-refractivity contribution < 1.29 is 0 Å². The minimum atomic E-state index is 0.355. The first-order valence-corrected chi connectivity index (χ1v) is 2.60. The van der Waals surface area contributed by atoms with Crippen LogP contribution in [0.4, 0.5) is 0 Å². The molecule has 0 unspecified atom stereocenters. The zero-order valence-corrected chi connectivity index (χ0v) is 5.44. The molecule has 0 radical (unpaired) electrons. The molecule has 0 aromatic carbocycles. The highest BCUT2D eigenvalue weighted by Crippen LogP contribution is 1.97. The van der Waals surface area contributed by atoms with Gasteiger partial charge >= 0.3 is 0 Å². The van der Waals surface area contributed by atoms with Crippen molar-refractivity contribution in [3.63, 3.8) is 0 Å². The molecule has 0 aliphatic carbocycles. The van der Waals surface area contributed by atoms with E-state index in [1.165, 1.54) is 0 Å². The molecule has 7 heavy (non-hydrogen) atoms. The first kappa shape index (κ1) is 6.82. The predicted octanol–water partition coefficient (Wildman–Crippen LogP) is 0.844. The average molecular weight is 118 g/mol. The number of hydrogen-bond acceptors (Lipinski definition) is 2. The van der Waals surface area contributed by atoms with Crippen LogP contribution in [-0.2, 0) is 0 Å². The lowest BCUT2D eigenvalue weighted by Gasteiger charge is -1.96. The Labute approximate surface area is 49.2 Å². The number of hydrogen-bond donors (Lipinski definition) is 2. The standard InChI is InChI=1S/C4H10N2S/c1-3(2)4(7)6-5/h3H,5H2,1-2H3,(H,6,7). The Morgan fingerprint density at radius 1 is 1.71 bits per heavy atom. The Hall–Kier alpha value is -0.180. The minimum Gasteiger partial charge on any atom is -0.323 e. The number of nitrogens with two attached hydrogens (primary N) is 1. The van der Waals surface area contributed by atoms with Gasteiger partial charge in [0.1, 0.15) is 0 Å². The molecule has 0 amide bonds. The van der Waals surface area contributed by atoms with Gasteiger partial charge in [0.15, 0.2) is 0 Å². The molecular weight excluding hydrogens is 108 g/mol. The van der Waals surface area contributed by atoms with Gasteiger partial charge in [-0.15, -0.1) is 12.6 Å². The Morgan fingerprint density at radius 3 is 2.14 bits per heavy atom. The molecule has 0 spiro atoms. The summed E-state index contributed by atoms with van der Waals surface area (Å²) >= 11 is 3.95. The van der Waals surface area contributed by atoms with Gasteiger partial charge in [-0.3, -0.25) is 0 Å². The van der Waals surface area contributed by atoms with Crippen LogP contribution in [0, 0.1) is 5.92 Å². The third kappa shape index (κ3) is 2.51. The van der Waals surface area contributed by atoms with Crippen molar-refractivity contribution in [1.29, 1.82) is 0 Å². The Kier molecular flexibility index (Phi) is 2.83. The molecule has 0 rings (SSSR count). The molecule has 3 heteroatoms. The molecule has 42 valence electrons. The van der Waals surface area contributed by atoms with E-state index < -0.39 is 0 Å². The average Bonchev–Trinajstić information content (AvgIpc) is 1.65. The molecule has 0 saturated heterocycles. The van der Waals surface area contributed by atoms with Crippen LogP contribution in [0.5, 0.6) is 0 Å². The van der Waals surface area contributed by atoms with Gasteiger partial charge in [0.2, 0.25) is 0 Å². The highest BCUT2D eigenvalue weighted by Gasteiger charge is 1.94. The lowest BCUT2D eigenvalue weighted by atomic mass is 10.2. The molecule has 2 N–H and O–H groups in total. The van der Waals surface area contributed by atoms with E-state index in [4.69, 9.17) is 5.84 Å². The number of hydrazone groups is 1. The van der Waals surface area contributed by atoms with Crippen LogP contribution in [0.1, 0.15) is 13.8 Å². The molecule has 0 fully saturated rings. The van der Waals surface area contributed by atoms with Gasteiger partial charge < -0.3 is 5.84 Å². The Balaban J connectivity index is 3.56. The fraction of sp³-hybridized carbons (Fsp3) is 0.750. The Bertz CT molecular complexity index is 77.8. The minimum absolute atomic E-state index is 0.355. The SMILES string of the molecule is CC(C)/C(S)=N\N. The normalized spacial score (nSPS) is 12.9. The van der Waals surface area contributed by atoms with Crippen molar-refractivity contribution in [3.05, 3.63) is 0 Å². The third-order valence-electron chi connectivity index (χ3n) is 0.649.